The summed E-state index contributed by atoms with van der Waals surface area (Å²) < 4.78 is 26.9. The van der Waals surface area contributed by atoms with Crippen molar-refractivity contribution >= 4 is 32.0 Å². The summed E-state index contributed by atoms with van der Waals surface area (Å²) in [5.41, 5.74) is -0.173. The van der Waals surface area contributed by atoms with Crippen molar-refractivity contribution in [3.63, 3.8) is 0 Å². The molecule has 0 saturated heterocycles. The molecule has 1 heterocycles. The highest BCUT2D eigenvalue weighted by Crippen LogP contribution is 2.40. The molecule has 0 aliphatic heterocycles. The first-order valence-electron chi connectivity index (χ1n) is 6.95. The lowest BCUT2D eigenvalue weighted by molar-refractivity contribution is -0.383. The van der Waals surface area contributed by atoms with Crippen LogP contribution in [0.1, 0.15) is 33.1 Å². The second-order valence-electron chi connectivity index (χ2n) is 4.91. The van der Waals surface area contributed by atoms with Gasteiger partial charge in [0.1, 0.15) is 4.21 Å². The Hall–Kier alpha value is -1.19. The molecular formula is C12H19N3O4S2. The molecule has 1 aromatic heterocycles. The number of nitro groups is 1. The van der Waals surface area contributed by atoms with Gasteiger partial charge in [0.15, 0.2) is 5.00 Å². The summed E-state index contributed by atoms with van der Waals surface area (Å²) in [4.78, 5) is 10.5. The summed E-state index contributed by atoms with van der Waals surface area (Å²) in [6, 6.07) is 1.22. The van der Waals surface area contributed by atoms with Crippen LogP contribution in [0.15, 0.2) is 10.3 Å². The van der Waals surface area contributed by atoms with E-state index in [-0.39, 0.29) is 15.9 Å². The van der Waals surface area contributed by atoms with Gasteiger partial charge < -0.3 is 5.32 Å². The average Bonchev–Trinajstić information content (AvgIpc) is 3.15. The molecule has 1 fully saturated rings. The van der Waals surface area contributed by atoms with E-state index in [4.69, 9.17) is 0 Å². The monoisotopic (exact) mass is 333 g/mol. The second-order valence-corrected chi connectivity index (χ2v) is 8.08. The van der Waals surface area contributed by atoms with E-state index in [1.54, 1.807) is 0 Å². The molecule has 0 spiro atoms. The van der Waals surface area contributed by atoms with E-state index >= 15 is 0 Å². The maximum Gasteiger partial charge on any atom is 0.304 e. The zero-order valence-electron chi connectivity index (χ0n) is 12.0. The minimum Gasteiger partial charge on any atom is -0.372 e. The number of nitrogens with one attached hydrogen (secondary N) is 1. The van der Waals surface area contributed by atoms with Crippen molar-refractivity contribution in [2.75, 3.05) is 18.4 Å². The summed E-state index contributed by atoms with van der Waals surface area (Å²) in [5, 5.41) is 14.2. The van der Waals surface area contributed by atoms with Crippen molar-refractivity contribution in [1.29, 1.82) is 0 Å². The Morgan fingerprint density at radius 3 is 2.62 bits per heavy atom. The molecule has 0 atom stereocenters. The van der Waals surface area contributed by atoms with Crippen LogP contribution < -0.4 is 5.32 Å². The molecule has 0 unspecified atom stereocenters. The molecule has 7 nitrogen and oxygen atoms in total. The second kappa shape index (κ2) is 6.29. The number of nitrogens with zero attached hydrogens (tertiary/aromatic N) is 2. The zero-order valence-corrected chi connectivity index (χ0v) is 13.7. The number of rotatable bonds is 8. The van der Waals surface area contributed by atoms with Gasteiger partial charge in [-0.25, -0.2) is 8.42 Å². The quantitative estimate of drug-likeness (QED) is 0.583. The third-order valence-electron chi connectivity index (χ3n) is 3.18. The first-order chi connectivity index (χ1) is 9.91. The molecule has 1 N–H and O–H groups in total. The van der Waals surface area contributed by atoms with Crippen LogP contribution in [-0.4, -0.2) is 36.8 Å². The standard InChI is InChI=1S/C12H19N3O4S2/c1-3-7-14(9-5-6-9)21(18,19)11-8-10(15(16)17)12(20-11)13-4-2/h8-9,13H,3-7H2,1-2H3. The van der Waals surface area contributed by atoms with Gasteiger partial charge in [0, 0.05) is 25.2 Å². The third-order valence-corrected chi connectivity index (χ3v) is 6.67. The highest BCUT2D eigenvalue weighted by atomic mass is 32.2. The van der Waals surface area contributed by atoms with Crippen molar-refractivity contribution in [3.8, 4) is 0 Å². The van der Waals surface area contributed by atoms with Gasteiger partial charge in [0.05, 0.1) is 4.92 Å². The Kier molecular flexibility index (Phi) is 4.84. The fourth-order valence-electron chi connectivity index (χ4n) is 2.11. The highest BCUT2D eigenvalue weighted by molar-refractivity contribution is 7.91. The molecule has 118 valence electrons. The van der Waals surface area contributed by atoms with Crippen molar-refractivity contribution in [3.05, 3.63) is 16.2 Å². The van der Waals surface area contributed by atoms with Crippen molar-refractivity contribution in [1.82, 2.24) is 4.31 Å². The SMILES string of the molecule is CCCN(C1CC1)S(=O)(=O)c1cc([N+](=O)[O-])c(NCC)s1. The van der Waals surface area contributed by atoms with Gasteiger partial charge in [0.2, 0.25) is 0 Å². The van der Waals surface area contributed by atoms with Crippen LogP contribution in [-0.2, 0) is 10.0 Å². The van der Waals surface area contributed by atoms with Crippen molar-refractivity contribution in [2.45, 2.75) is 43.4 Å². The summed E-state index contributed by atoms with van der Waals surface area (Å²) in [5.74, 6) is 0. The molecule has 0 bridgehead atoms. The third kappa shape index (κ3) is 3.35. The van der Waals surface area contributed by atoms with Crippen LogP contribution in [0.2, 0.25) is 0 Å². The van der Waals surface area contributed by atoms with Gasteiger partial charge in [-0.15, -0.1) is 0 Å². The first kappa shape index (κ1) is 16.2. The first-order valence-corrected chi connectivity index (χ1v) is 9.21. The molecule has 0 aromatic carbocycles. The van der Waals surface area contributed by atoms with Crippen LogP contribution >= 0.6 is 11.3 Å². The van der Waals surface area contributed by atoms with Gasteiger partial charge in [-0.1, -0.05) is 18.3 Å². The highest BCUT2D eigenvalue weighted by Gasteiger charge is 2.39. The summed E-state index contributed by atoms with van der Waals surface area (Å²) in [6.45, 7) is 4.69. The van der Waals surface area contributed by atoms with Crippen LogP contribution in [0, 0.1) is 10.1 Å². The van der Waals surface area contributed by atoms with Crippen molar-refractivity contribution < 1.29 is 13.3 Å². The number of sulfonamides is 1. The summed E-state index contributed by atoms with van der Waals surface area (Å²) in [6.07, 6.45) is 2.46. The molecular weight excluding hydrogens is 314 g/mol. The number of hydrogen-bond acceptors (Lipinski definition) is 6. The molecule has 1 aliphatic carbocycles. The minimum atomic E-state index is -3.65. The van der Waals surface area contributed by atoms with Gasteiger partial charge >= 0.3 is 5.69 Å². The van der Waals surface area contributed by atoms with E-state index in [0.717, 1.165) is 30.6 Å². The van der Waals surface area contributed by atoms with Crippen LogP contribution in [0.25, 0.3) is 0 Å². The number of thiophene rings is 1. The Labute approximate surface area is 128 Å². The van der Waals surface area contributed by atoms with E-state index in [9.17, 15) is 18.5 Å². The molecule has 1 saturated carbocycles. The molecule has 0 radical (unpaired) electrons. The normalized spacial score (nSPS) is 15.4. The fourth-order valence-corrected chi connectivity index (χ4v) is 5.41. The van der Waals surface area contributed by atoms with Gasteiger partial charge in [-0.2, -0.15) is 4.31 Å². The largest absolute Gasteiger partial charge is 0.372 e. The maximum absolute atomic E-state index is 12.7. The van der Waals surface area contributed by atoms with Crippen LogP contribution in [0.5, 0.6) is 0 Å². The Morgan fingerprint density at radius 1 is 1.48 bits per heavy atom. The van der Waals surface area contributed by atoms with Gasteiger partial charge in [-0.05, 0) is 26.2 Å². The predicted octanol–water partition coefficient (Wildman–Crippen LogP) is 2.65. The maximum atomic E-state index is 12.7. The topological polar surface area (TPSA) is 92.5 Å². The van der Waals surface area contributed by atoms with Crippen LogP contribution in [0.3, 0.4) is 0 Å². The molecule has 1 aliphatic rings. The van der Waals surface area contributed by atoms with E-state index in [1.165, 1.54) is 10.4 Å². The minimum absolute atomic E-state index is 0.0468. The van der Waals surface area contributed by atoms with Crippen molar-refractivity contribution in [2.24, 2.45) is 0 Å². The Bertz CT molecular complexity index is 622. The fraction of sp³-hybridized carbons (Fsp3) is 0.667. The Morgan fingerprint density at radius 2 is 2.14 bits per heavy atom. The van der Waals surface area contributed by atoms with E-state index < -0.39 is 14.9 Å². The number of anilines is 1. The van der Waals surface area contributed by atoms with E-state index in [2.05, 4.69) is 5.32 Å². The van der Waals surface area contributed by atoms with Gasteiger partial charge in [-0.3, -0.25) is 10.1 Å². The summed E-state index contributed by atoms with van der Waals surface area (Å²) >= 11 is 0.936. The zero-order chi connectivity index (χ0) is 15.6. The number of hydrogen-bond donors (Lipinski definition) is 1. The molecule has 2 rings (SSSR count). The molecule has 9 heteroatoms. The predicted molar refractivity (Wildman–Crippen MR) is 82.3 cm³/mol. The molecule has 0 amide bonds. The lowest BCUT2D eigenvalue weighted by Gasteiger charge is -2.19. The smallest absolute Gasteiger partial charge is 0.304 e. The van der Waals surface area contributed by atoms with E-state index in [0.29, 0.717) is 18.1 Å². The molecule has 21 heavy (non-hydrogen) atoms. The lowest BCUT2D eigenvalue weighted by Crippen LogP contribution is -2.33. The van der Waals surface area contributed by atoms with E-state index in [1.807, 2.05) is 13.8 Å². The summed E-state index contributed by atoms with van der Waals surface area (Å²) in [7, 11) is -3.65. The average molecular weight is 333 g/mol. The van der Waals surface area contributed by atoms with Gasteiger partial charge in [0.25, 0.3) is 10.0 Å². The molecule has 1 aromatic rings. The lowest BCUT2D eigenvalue weighted by atomic mass is 10.5. The van der Waals surface area contributed by atoms with Crippen LogP contribution in [0.4, 0.5) is 10.7 Å². The Balaban J connectivity index is 2.39.